The fourth-order valence-corrected chi connectivity index (χ4v) is 2.21. The van der Waals surface area contributed by atoms with E-state index in [9.17, 15) is 24.1 Å². The van der Waals surface area contributed by atoms with Crippen molar-refractivity contribution in [3.05, 3.63) is 64.0 Å². The molecule has 0 aliphatic carbocycles. The molecule has 0 spiro atoms. The van der Waals surface area contributed by atoms with E-state index in [2.05, 4.69) is 5.32 Å². The normalized spacial score (nSPS) is 10.4. The van der Waals surface area contributed by atoms with Gasteiger partial charge < -0.3 is 19.5 Å². The van der Waals surface area contributed by atoms with Crippen molar-refractivity contribution >= 4 is 29.3 Å². The number of hydrogen-bond acceptors (Lipinski definition) is 7. The van der Waals surface area contributed by atoms with Crippen LogP contribution in [0.2, 0.25) is 0 Å². The van der Waals surface area contributed by atoms with Crippen LogP contribution in [0.3, 0.4) is 0 Å². The second-order valence-electron chi connectivity index (χ2n) is 5.52. The first-order chi connectivity index (χ1) is 13.8. The van der Waals surface area contributed by atoms with Gasteiger partial charge in [-0.25, -0.2) is 9.18 Å². The Morgan fingerprint density at radius 2 is 1.86 bits per heavy atom. The van der Waals surface area contributed by atoms with E-state index in [1.165, 1.54) is 20.3 Å². The van der Waals surface area contributed by atoms with Crippen LogP contribution in [0.25, 0.3) is 6.08 Å². The molecule has 2 aromatic carbocycles. The summed E-state index contributed by atoms with van der Waals surface area (Å²) in [7, 11) is 2.97. The van der Waals surface area contributed by atoms with Crippen molar-refractivity contribution in [1.29, 1.82) is 0 Å². The molecule has 2 rings (SSSR count). The van der Waals surface area contributed by atoms with Crippen molar-refractivity contribution in [1.82, 2.24) is 0 Å². The number of non-ortho nitro benzene ring substituents is 1. The summed E-state index contributed by atoms with van der Waals surface area (Å²) in [6, 6.07) is 7.66. The number of nitrogens with one attached hydrogen (secondary N) is 1. The number of methoxy groups -OCH3 is 2. The number of rotatable bonds is 8. The minimum atomic E-state index is -0.858. The number of carbonyl (C=O) groups is 2. The summed E-state index contributed by atoms with van der Waals surface area (Å²) >= 11 is 0. The summed E-state index contributed by atoms with van der Waals surface area (Å²) < 4.78 is 28.7. The Bertz CT molecular complexity index is 960. The zero-order valence-electron chi connectivity index (χ0n) is 15.5. The van der Waals surface area contributed by atoms with Gasteiger partial charge in [0.2, 0.25) is 0 Å². The van der Waals surface area contributed by atoms with Crippen LogP contribution in [0.4, 0.5) is 15.8 Å². The highest BCUT2D eigenvalue weighted by Crippen LogP contribution is 2.28. The zero-order chi connectivity index (χ0) is 21.4. The highest BCUT2D eigenvalue weighted by atomic mass is 19.1. The second-order valence-corrected chi connectivity index (χ2v) is 5.52. The molecule has 0 fully saturated rings. The van der Waals surface area contributed by atoms with Crippen molar-refractivity contribution in [3.63, 3.8) is 0 Å². The summed E-state index contributed by atoms with van der Waals surface area (Å²) in [5.41, 5.74) is -0.152. The molecule has 0 bridgehead atoms. The van der Waals surface area contributed by atoms with Crippen molar-refractivity contribution in [2.75, 3.05) is 26.1 Å². The van der Waals surface area contributed by atoms with E-state index in [-0.39, 0.29) is 5.69 Å². The molecule has 9 nitrogen and oxygen atoms in total. The van der Waals surface area contributed by atoms with Crippen LogP contribution in [-0.4, -0.2) is 37.6 Å². The Balaban J connectivity index is 1.92. The molecule has 1 N–H and O–H groups in total. The van der Waals surface area contributed by atoms with Crippen molar-refractivity contribution < 1.29 is 33.1 Å². The van der Waals surface area contributed by atoms with Gasteiger partial charge in [0.15, 0.2) is 18.1 Å². The highest BCUT2D eigenvalue weighted by Gasteiger charge is 2.14. The first kappa shape index (κ1) is 21.4. The number of ether oxygens (including phenoxy) is 3. The van der Waals surface area contributed by atoms with E-state index in [0.29, 0.717) is 17.1 Å². The summed E-state index contributed by atoms with van der Waals surface area (Å²) in [5, 5.41) is 12.8. The Morgan fingerprint density at radius 1 is 1.14 bits per heavy atom. The minimum absolute atomic E-state index is 0.388. The van der Waals surface area contributed by atoms with Crippen LogP contribution in [0.5, 0.6) is 11.5 Å². The zero-order valence-corrected chi connectivity index (χ0v) is 15.5. The van der Waals surface area contributed by atoms with Crippen molar-refractivity contribution in [3.8, 4) is 11.5 Å². The third-order valence-electron chi connectivity index (χ3n) is 3.60. The molecule has 0 saturated carbocycles. The summed E-state index contributed by atoms with van der Waals surface area (Å²) in [6.07, 6.45) is 2.55. The fourth-order valence-electron chi connectivity index (χ4n) is 2.21. The van der Waals surface area contributed by atoms with Crippen LogP contribution < -0.4 is 14.8 Å². The predicted molar refractivity (Wildman–Crippen MR) is 101 cm³/mol. The van der Waals surface area contributed by atoms with Gasteiger partial charge in [0.05, 0.1) is 24.8 Å². The summed E-state index contributed by atoms with van der Waals surface area (Å²) in [4.78, 5) is 33.5. The Hall–Kier alpha value is -3.95. The SMILES string of the molecule is COc1ccc(/C=C/C(=O)OCC(=O)Nc2cc([N+](=O)[O-])ccc2F)cc1OC. The smallest absolute Gasteiger partial charge is 0.331 e. The van der Waals surface area contributed by atoms with Crippen LogP contribution in [-0.2, 0) is 14.3 Å². The first-order valence-electron chi connectivity index (χ1n) is 8.14. The first-order valence-corrected chi connectivity index (χ1v) is 8.14. The van der Waals surface area contributed by atoms with E-state index in [1.54, 1.807) is 18.2 Å². The molecule has 0 aliphatic heterocycles. The molecule has 10 heteroatoms. The average molecular weight is 404 g/mol. The van der Waals surface area contributed by atoms with Crippen LogP contribution in [0, 0.1) is 15.9 Å². The molecule has 2 aromatic rings. The maximum Gasteiger partial charge on any atom is 0.331 e. The number of nitrogens with zero attached hydrogens (tertiary/aromatic N) is 1. The Kier molecular flexibility index (Phi) is 7.24. The molecular formula is C19H17FN2O7. The molecule has 0 radical (unpaired) electrons. The number of amides is 1. The van der Waals surface area contributed by atoms with Gasteiger partial charge in [-0.2, -0.15) is 0 Å². The van der Waals surface area contributed by atoms with Gasteiger partial charge in [-0.1, -0.05) is 6.07 Å². The molecule has 0 atom stereocenters. The lowest BCUT2D eigenvalue weighted by molar-refractivity contribution is -0.384. The van der Waals surface area contributed by atoms with E-state index < -0.39 is 34.9 Å². The number of benzene rings is 2. The number of carbonyl (C=O) groups excluding carboxylic acids is 2. The predicted octanol–water partition coefficient (Wildman–Crippen LogP) is 2.95. The van der Waals surface area contributed by atoms with Crippen molar-refractivity contribution in [2.45, 2.75) is 0 Å². The summed E-state index contributed by atoms with van der Waals surface area (Å²) in [6.45, 7) is -0.697. The number of halogens is 1. The van der Waals surface area contributed by atoms with E-state index in [1.807, 2.05) is 0 Å². The Labute approximate surface area is 164 Å². The number of nitro groups is 1. The lowest BCUT2D eigenvalue weighted by atomic mass is 10.2. The van der Waals surface area contributed by atoms with Crippen molar-refractivity contribution in [2.24, 2.45) is 0 Å². The molecular weight excluding hydrogens is 387 g/mol. The van der Waals surface area contributed by atoms with Gasteiger partial charge in [0.1, 0.15) is 5.82 Å². The maximum atomic E-state index is 13.6. The average Bonchev–Trinajstić information content (AvgIpc) is 2.71. The summed E-state index contributed by atoms with van der Waals surface area (Å²) in [5.74, 6) is -1.52. The van der Waals surface area contributed by atoms with Crippen LogP contribution in [0.1, 0.15) is 5.56 Å². The molecule has 0 unspecified atom stereocenters. The Morgan fingerprint density at radius 3 is 2.52 bits per heavy atom. The number of esters is 1. The van der Waals surface area contributed by atoms with Gasteiger partial charge in [-0.3, -0.25) is 14.9 Å². The third kappa shape index (κ3) is 6.03. The molecule has 0 heterocycles. The minimum Gasteiger partial charge on any atom is -0.493 e. The third-order valence-corrected chi connectivity index (χ3v) is 3.60. The largest absolute Gasteiger partial charge is 0.493 e. The molecule has 0 aliphatic rings. The number of anilines is 1. The second kappa shape index (κ2) is 9.83. The molecule has 1 amide bonds. The van der Waals surface area contributed by atoms with E-state index in [4.69, 9.17) is 14.2 Å². The van der Waals surface area contributed by atoms with Gasteiger partial charge in [-0.05, 0) is 29.8 Å². The van der Waals surface area contributed by atoms with Gasteiger partial charge in [-0.15, -0.1) is 0 Å². The van der Waals surface area contributed by atoms with Crippen LogP contribution >= 0.6 is 0 Å². The lowest BCUT2D eigenvalue weighted by Crippen LogP contribution is -2.20. The van der Waals surface area contributed by atoms with Gasteiger partial charge in [0, 0.05) is 18.2 Å². The van der Waals surface area contributed by atoms with E-state index in [0.717, 1.165) is 24.3 Å². The van der Waals surface area contributed by atoms with E-state index >= 15 is 0 Å². The molecule has 152 valence electrons. The monoisotopic (exact) mass is 404 g/mol. The fraction of sp³-hybridized carbons (Fsp3) is 0.158. The quantitative estimate of drug-likeness (QED) is 0.311. The maximum absolute atomic E-state index is 13.6. The van der Waals surface area contributed by atoms with Gasteiger partial charge >= 0.3 is 5.97 Å². The lowest BCUT2D eigenvalue weighted by Gasteiger charge is -2.08. The standard InChI is InChI=1S/C19H17FN2O7/c1-27-16-7-3-12(9-17(16)28-2)4-8-19(24)29-11-18(23)21-15-10-13(22(25)26)5-6-14(15)20/h3-10H,11H2,1-2H3,(H,21,23)/b8-4+. The van der Waals surface area contributed by atoms with Crippen LogP contribution in [0.15, 0.2) is 42.5 Å². The van der Waals surface area contributed by atoms with Gasteiger partial charge in [0.25, 0.3) is 11.6 Å². The molecule has 0 aromatic heterocycles. The molecule has 29 heavy (non-hydrogen) atoms. The number of nitro benzene ring substituents is 1. The molecule has 0 saturated heterocycles. The highest BCUT2D eigenvalue weighted by molar-refractivity contribution is 5.95. The number of hydrogen-bond donors (Lipinski definition) is 1. The topological polar surface area (TPSA) is 117 Å².